The Morgan fingerprint density at radius 3 is 2.72 bits per heavy atom. The second-order valence-electron chi connectivity index (χ2n) is 6.63. The summed E-state index contributed by atoms with van der Waals surface area (Å²) in [5.41, 5.74) is 1.51. The van der Waals surface area contributed by atoms with Gasteiger partial charge in [0.25, 0.3) is 5.91 Å². The maximum absolute atomic E-state index is 12.8. The Hall–Kier alpha value is -2.32. The Kier molecular flexibility index (Phi) is 5.40. The van der Waals surface area contributed by atoms with Crippen molar-refractivity contribution in [3.63, 3.8) is 0 Å². The fraction of sp³-hybridized carbons (Fsp3) is 0.529. The van der Waals surface area contributed by atoms with Crippen LogP contribution in [-0.2, 0) is 11.8 Å². The molecule has 1 amide bonds. The van der Waals surface area contributed by atoms with Crippen molar-refractivity contribution in [1.82, 2.24) is 30.0 Å². The molecule has 1 aliphatic rings. The third-order valence-corrected chi connectivity index (χ3v) is 4.15. The Morgan fingerprint density at radius 2 is 2.08 bits per heavy atom. The van der Waals surface area contributed by atoms with Gasteiger partial charge in [-0.1, -0.05) is 12.1 Å². The van der Waals surface area contributed by atoms with E-state index in [9.17, 15) is 4.79 Å². The molecule has 0 N–H and O–H groups in total. The maximum atomic E-state index is 12.8. The topological polar surface area (TPSA) is 76.4 Å². The molecule has 1 aromatic carbocycles. The molecule has 8 heteroatoms. The van der Waals surface area contributed by atoms with E-state index in [-0.39, 0.29) is 5.91 Å². The summed E-state index contributed by atoms with van der Waals surface area (Å²) < 4.78 is 5.66. The number of ether oxygens (including phenoxy) is 1. The number of hydrogen-bond acceptors (Lipinski definition) is 6. The van der Waals surface area contributed by atoms with Crippen molar-refractivity contribution in [2.24, 2.45) is 13.0 Å². The summed E-state index contributed by atoms with van der Waals surface area (Å²) in [6, 6.07) is 7.35. The molecule has 0 aliphatic carbocycles. The largest absolute Gasteiger partial charge is 0.379 e. The summed E-state index contributed by atoms with van der Waals surface area (Å²) in [5, 5.41) is 12.0. The summed E-state index contributed by atoms with van der Waals surface area (Å²) in [6.45, 7) is 3.51. The minimum Gasteiger partial charge on any atom is -0.379 e. The lowest BCUT2D eigenvalue weighted by Crippen LogP contribution is -2.38. The van der Waals surface area contributed by atoms with Crippen LogP contribution in [0.3, 0.4) is 0 Å². The van der Waals surface area contributed by atoms with Crippen molar-refractivity contribution < 1.29 is 9.53 Å². The van der Waals surface area contributed by atoms with Gasteiger partial charge in [0.2, 0.25) is 5.82 Å². The number of carbonyl (C=O) groups excluding carboxylic acids is 1. The molecule has 0 bridgehead atoms. The number of aryl methyl sites for hydroxylation is 1. The van der Waals surface area contributed by atoms with Gasteiger partial charge < -0.3 is 14.5 Å². The van der Waals surface area contributed by atoms with Gasteiger partial charge in [-0.25, -0.2) is 0 Å². The third kappa shape index (κ3) is 4.40. The van der Waals surface area contributed by atoms with Crippen molar-refractivity contribution >= 4 is 5.91 Å². The number of benzene rings is 1. The highest BCUT2D eigenvalue weighted by Gasteiger charge is 2.24. The molecule has 0 radical (unpaired) electrons. The molecule has 2 heterocycles. The minimum atomic E-state index is 0.0351. The number of aromatic nitrogens is 4. The zero-order valence-electron chi connectivity index (χ0n) is 14.9. The van der Waals surface area contributed by atoms with Crippen molar-refractivity contribution in [2.45, 2.75) is 0 Å². The summed E-state index contributed by atoms with van der Waals surface area (Å²) in [6.07, 6.45) is 0. The number of amides is 1. The zero-order chi connectivity index (χ0) is 17.8. The normalized spacial score (nSPS) is 18.4. The molecule has 8 nitrogen and oxygen atoms in total. The Labute approximate surface area is 147 Å². The molecule has 0 saturated carbocycles. The number of carbonyl (C=O) groups is 1. The first kappa shape index (κ1) is 17.5. The van der Waals surface area contributed by atoms with Gasteiger partial charge in [0.1, 0.15) is 0 Å². The summed E-state index contributed by atoms with van der Waals surface area (Å²) in [4.78, 5) is 18.3. The molecule has 1 fully saturated rings. The number of tetrazole rings is 1. The predicted octanol–water partition coefficient (Wildman–Crippen LogP) is 0.527. The average Bonchev–Trinajstić information content (AvgIpc) is 2.89. The number of nitrogens with zero attached hydrogens (tertiary/aromatic N) is 6. The van der Waals surface area contributed by atoms with Crippen LogP contribution in [0.1, 0.15) is 10.4 Å². The summed E-state index contributed by atoms with van der Waals surface area (Å²) >= 11 is 0. The molecule has 2 aromatic rings. The van der Waals surface area contributed by atoms with E-state index in [0.717, 1.165) is 12.1 Å². The molecular formula is C17H24N6O2. The van der Waals surface area contributed by atoms with Crippen LogP contribution in [0.2, 0.25) is 0 Å². The van der Waals surface area contributed by atoms with Gasteiger partial charge in [-0.15, -0.1) is 10.2 Å². The van der Waals surface area contributed by atoms with Gasteiger partial charge in [0, 0.05) is 36.7 Å². The van der Waals surface area contributed by atoms with E-state index in [1.54, 1.807) is 7.05 Å². The Bertz CT molecular complexity index is 712. The molecular weight excluding hydrogens is 320 g/mol. The quantitative estimate of drug-likeness (QED) is 0.805. The zero-order valence-corrected chi connectivity index (χ0v) is 14.9. The Balaban J connectivity index is 1.71. The van der Waals surface area contributed by atoms with Crippen molar-refractivity contribution in [2.75, 3.05) is 46.9 Å². The van der Waals surface area contributed by atoms with Gasteiger partial charge in [0.05, 0.1) is 20.3 Å². The van der Waals surface area contributed by atoms with E-state index in [2.05, 4.69) is 20.3 Å². The fourth-order valence-electron chi connectivity index (χ4n) is 3.04. The van der Waals surface area contributed by atoms with Gasteiger partial charge >= 0.3 is 0 Å². The van der Waals surface area contributed by atoms with E-state index < -0.39 is 0 Å². The first-order valence-electron chi connectivity index (χ1n) is 8.39. The van der Waals surface area contributed by atoms with Crippen LogP contribution < -0.4 is 0 Å². The second-order valence-corrected chi connectivity index (χ2v) is 6.63. The summed E-state index contributed by atoms with van der Waals surface area (Å²) in [7, 11) is 5.80. The van der Waals surface area contributed by atoms with Gasteiger partial charge in [-0.3, -0.25) is 4.79 Å². The fourth-order valence-corrected chi connectivity index (χ4v) is 3.04. The molecule has 1 aliphatic heterocycles. The van der Waals surface area contributed by atoms with Crippen LogP contribution in [0.15, 0.2) is 24.3 Å². The maximum Gasteiger partial charge on any atom is 0.253 e. The van der Waals surface area contributed by atoms with Crippen LogP contribution in [0.5, 0.6) is 0 Å². The summed E-state index contributed by atoms with van der Waals surface area (Å²) in [5.74, 6) is 0.910. The minimum absolute atomic E-state index is 0.0351. The molecule has 134 valence electrons. The van der Waals surface area contributed by atoms with E-state index in [0.29, 0.717) is 43.6 Å². The lowest BCUT2D eigenvalue weighted by atomic mass is 10.1. The average molecular weight is 344 g/mol. The molecule has 0 spiro atoms. The highest BCUT2D eigenvalue weighted by molar-refractivity contribution is 5.94. The second kappa shape index (κ2) is 7.71. The molecule has 1 aromatic heterocycles. The van der Waals surface area contributed by atoms with E-state index in [1.807, 2.05) is 43.3 Å². The van der Waals surface area contributed by atoms with Crippen LogP contribution in [0.4, 0.5) is 0 Å². The first-order valence-corrected chi connectivity index (χ1v) is 8.39. The van der Waals surface area contributed by atoms with E-state index in [1.165, 1.54) is 4.80 Å². The molecule has 1 saturated heterocycles. The van der Waals surface area contributed by atoms with Crippen molar-refractivity contribution in [1.29, 1.82) is 0 Å². The lowest BCUT2D eigenvalue weighted by molar-refractivity contribution is 0.0735. The standard InChI is InChI=1S/C17H24N6O2/c1-21(2)10-13-11-23(8-9-25-12-13)17(24)15-6-4-14(5-7-15)16-18-20-22(3)19-16/h4-7,13H,8-12H2,1-3H3/t13-/m0/s1. The lowest BCUT2D eigenvalue weighted by Gasteiger charge is -2.25. The van der Waals surface area contributed by atoms with Gasteiger partial charge in [-0.2, -0.15) is 4.80 Å². The smallest absolute Gasteiger partial charge is 0.253 e. The Morgan fingerprint density at radius 1 is 1.32 bits per heavy atom. The SMILES string of the molecule is CN(C)C[C@@H]1COCCN(C(=O)c2ccc(-c3nnn(C)n3)cc2)C1. The molecule has 0 unspecified atom stereocenters. The van der Waals surface area contributed by atoms with Crippen LogP contribution >= 0.6 is 0 Å². The highest BCUT2D eigenvalue weighted by Crippen LogP contribution is 2.17. The van der Waals surface area contributed by atoms with E-state index in [4.69, 9.17) is 4.74 Å². The van der Waals surface area contributed by atoms with Crippen molar-refractivity contribution in [3.8, 4) is 11.4 Å². The molecule has 3 rings (SSSR count). The highest BCUT2D eigenvalue weighted by atomic mass is 16.5. The monoisotopic (exact) mass is 344 g/mol. The predicted molar refractivity (Wildman–Crippen MR) is 93.0 cm³/mol. The molecule has 25 heavy (non-hydrogen) atoms. The van der Waals surface area contributed by atoms with E-state index >= 15 is 0 Å². The molecule has 1 atom stereocenters. The van der Waals surface area contributed by atoms with Crippen LogP contribution in [-0.4, -0.2) is 82.9 Å². The van der Waals surface area contributed by atoms with Crippen molar-refractivity contribution in [3.05, 3.63) is 29.8 Å². The van der Waals surface area contributed by atoms with Crippen LogP contribution in [0.25, 0.3) is 11.4 Å². The first-order chi connectivity index (χ1) is 12.0. The third-order valence-electron chi connectivity index (χ3n) is 4.15. The number of hydrogen-bond donors (Lipinski definition) is 0. The van der Waals surface area contributed by atoms with Gasteiger partial charge in [0.15, 0.2) is 0 Å². The van der Waals surface area contributed by atoms with Crippen LogP contribution in [0, 0.1) is 5.92 Å². The number of rotatable bonds is 4. The van der Waals surface area contributed by atoms with Gasteiger partial charge in [-0.05, 0) is 31.4 Å².